The van der Waals surface area contributed by atoms with Crippen LogP contribution in [0.2, 0.25) is 0 Å². The van der Waals surface area contributed by atoms with Crippen molar-refractivity contribution in [1.29, 1.82) is 0 Å². The summed E-state index contributed by atoms with van der Waals surface area (Å²) in [4.78, 5) is 21.8. The van der Waals surface area contributed by atoms with Gasteiger partial charge in [-0.15, -0.1) is 0 Å². The highest BCUT2D eigenvalue weighted by Crippen LogP contribution is 2.20. The molecule has 16 heavy (non-hydrogen) atoms. The molecule has 0 radical (unpaired) electrons. The van der Waals surface area contributed by atoms with Crippen LogP contribution in [0.4, 0.5) is 4.79 Å². The molecule has 3 amide bonds. The lowest BCUT2D eigenvalue weighted by atomic mass is 10.3. The number of hydrogen-bond donors (Lipinski definition) is 2. The molecule has 0 fully saturated rings. The smallest absolute Gasteiger partial charge is 0.318 e. The number of carbonyl (C=O) groups excluding carboxylic acids is 2. The van der Waals surface area contributed by atoms with E-state index in [1.54, 1.807) is 19.1 Å². The summed E-state index contributed by atoms with van der Waals surface area (Å²) in [5.74, 6) is 0.0300. The van der Waals surface area contributed by atoms with Crippen LogP contribution in [-0.4, -0.2) is 18.0 Å². The average Bonchev–Trinajstić information content (AvgIpc) is 2.20. The number of primary amides is 1. The zero-order valence-electron chi connectivity index (χ0n) is 8.57. The van der Waals surface area contributed by atoms with Gasteiger partial charge in [0.25, 0.3) is 5.91 Å². The van der Waals surface area contributed by atoms with Crippen LogP contribution in [0.5, 0.6) is 5.75 Å². The van der Waals surface area contributed by atoms with Crippen molar-refractivity contribution in [2.24, 2.45) is 5.73 Å². The minimum absolute atomic E-state index is 0.563. The number of carbonyl (C=O) groups is 2. The Hall–Kier alpha value is -1.31. The lowest BCUT2D eigenvalue weighted by Gasteiger charge is -2.14. The highest BCUT2D eigenvalue weighted by atomic mass is 127. The van der Waals surface area contributed by atoms with E-state index in [9.17, 15) is 9.59 Å². The van der Waals surface area contributed by atoms with Crippen LogP contribution in [0.3, 0.4) is 0 Å². The number of halogens is 1. The third kappa shape index (κ3) is 3.69. The lowest BCUT2D eigenvalue weighted by Crippen LogP contribution is -2.42. The fourth-order valence-electron chi connectivity index (χ4n) is 1.01. The Kier molecular flexibility index (Phi) is 4.53. The molecular formula is C10H11IN2O3. The average molecular weight is 334 g/mol. The predicted octanol–water partition coefficient (Wildman–Crippen LogP) is 1.25. The summed E-state index contributed by atoms with van der Waals surface area (Å²) in [7, 11) is 0. The molecule has 1 unspecified atom stereocenters. The van der Waals surface area contributed by atoms with Gasteiger partial charge in [0.1, 0.15) is 5.75 Å². The second kappa shape index (κ2) is 5.69. The van der Waals surface area contributed by atoms with Crippen molar-refractivity contribution in [3.05, 3.63) is 27.8 Å². The lowest BCUT2D eigenvalue weighted by molar-refractivity contribution is -0.126. The molecule has 6 heteroatoms. The Morgan fingerprint density at radius 3 is 2.62 bits per heavy atom. The molecule has 0 spiro atoms. The van der Waals surface area contributed by atoms with Crippen molar-refractivity contribution >= 4 is 34.5 Å². The number of rotatable bonds is 3. The number of benzene rings is 1. The molecule has 86 valence electrons. The Labute approximate surface area is 106 Å². The number of amides is 3. The van der Waals surface area contributed by atoms with Crippen molar-refractivity contribution in [2.75, 3.05) is 0 Å². The molecular weight excluding hydrogens is 323 g/mol. The Morgan fingerprint density at radius 2 is 2.06 bits per heavy atom. The second-order valence-electron chi connectivity index (χ2n) is 3.04. The second-order valence-corrected chi connectivity index (χ2v) is 4.21. The first-order valence-electron chi connectivity index (χ1n) is 4.52. The van der Waals surface area contributed by atoms with Gasteiger partial charge in [-0.2, -0.15) is 0 Å². The summed E-state index contributed by atoms with van der Waals surface area (Å²) < 4.78 is 6.27. The van der Waals surface area contributed by atoms with Crippen molar-refractivity contribution in [1.82, 2.24) is 5.32 Å². The summed E-state index contributed by atoms with van der Waals surface area (Å²) in [6, 6.07) is 6.38. The quantitative estimate of drug-likeness (QED) is 0.817. The van der Waals surface area contributed by atoms with E-state index in [0.717, 1.165) is 3.57 Å². The summed E-state index contributed by atoms with van der Waals surface area (Å²) in [5, 5.41) is 1.95. The highest BCUT2D eigenvalue weighted by molar-refractivity contribution is 14.1. The Balaban J connectivity index is 2.64. The minimum atomic E-state index is -0.886. The predicted molar refractivity (Wildman–Crippen MR) is 67.0 cm³/mol. The van der Waals surface area contributed by atoms with E-state index in [4.69, 9.17) is 10.5 Å². The molecule has 0 aliphatic heterocycles. The van der Waals surface area contributed by atoms with Gasteiger partial charge < -0.3 is 10.5 Å². The molecule has 0 saturated carbocycles. The van der Waals surface area contributed by atoms with E-state index < -0.39 is 18.0 Å². The molecule has 1 aromatic carbocycles. The summed E-state index contributed by atoms with van der Waals surface area (Å²) >= 11 is 2.09. The van der Waals surface area contributed by atoms with Crippen LogP contribution < -0.4 is 15.8 Å². The van der Waals surface area contributed by atoms with Crippen molar-refractivity contribution in [3.63, 3.8) is 0 Å². The van der Waals surface area contributed by atoms with Gasteiger partial charge >= 0.3 is 6.03 Å². The minimum Gasteiger partial charge on any atom is -0.480 e. The normalized spacial score (nSPS) is 11.6. The van der Waals surface area contributed by atoms with Gasteiger partial charge in [0.2, 0.25) is 0 Å². The molecule has 3 N–H and O–H groups in total. The van der Waals surface area contributed by atoms with Crippen molar-refractivity contribution in [3.8, 4) is 5.75 Å². The van der Waals surface area contributed by atoms with Crippen molar-refractivity contribution in [2.45, 2.75) is 13.0 Å². The Morgan fingerprint density at radius 1 is 1.44 bits per heavy atom. The van der Waals surface area contributed by atoms with Crippen molar-refractivity contribution < 1.29 is 14.3 Å². The summed E-state index contributed by atoms with van der Waals surface area (Å²) in [6.07, 6.45) is -0.775. The number of ether oxygens (including phenoxy) is 1. The first-order valence-corrected chi connectivity index (χ1v) is 5.60. The third-order valence-corrected chi connectivity index (χ3v) is 2.65. The van der Waals surface area contributed by atoms with E-state index in [-0.39, 0.29) is 0 Å². The van der Waals surface area contributed by atoms with Crippen LogP contribution >= 0.6 is 22.6 Å². The van der Waals surface area contributed by atoms with Gasteiger partial charge in [-0.1, -0.05) is 12.1 Å². The topological polar surface area (TPSA) is 81.4 Å². The van der Waals surface area contributed by atoms with E-state index in [1.807, 2.05) is 17.4 Å². The molecule has 0 aliphatic rings. The molecule has 1 rings (SSSR count). The summed E-state index contributed by atoms with van der Waals surface area (Å²) in [5.41, 5.74) is 4.83. The number of hydrogen-bond acceptors (Lipinski definition) is 3. The first-order chi connectivity index (χ1) is 7.50. The summed E-state index contributed by atoms with van der Waals surface area (Å²) in [6.45, 7) is 1.54. The zero-order chi connectivity index (χ0) is 12.1. The van der Waals surface area contributed by atoms with Gasteiger partial charge in [-0.3, -0.25) is 10.1 Å². The largest absolute Gasteiger partial charge is 0.480 e. The van der Waals surface area contributed by atoms with Crippen LogP contribution in [-0.2, 0) is 4.79 Å². The molecule has 5 nitrogen and oxygen atoms in total. The van der Waals surface area contributed by atoms with E-state index in [2.05, 4.69) is 22.6 Å². The van der Waals surface area contributed by atoms with Crippen LogP contribution in [0, 0.1) is 3.57 Å². The van der Waals surface area contributed by atoms with Gasteiger partial charge in [-0.25, -0.2) is 4.79 Å². The zero-order valence-corrected chi connectivity index (χ0v) is 10.7. The number of imide groups is 1. The fraction of sp³-hybridized carbons (Fsp3) is 0.200. The SMILES string of the molecule is CC(Oc1ccccc1I)C(=O)NC(N)=O. The molecule has 0 saturated heterocycles. The van der Waals surface area contributed by atoms with E-state index in [0.29, 0.717) is 5.75 Å². The maximum Gasteiger partial charge on any atom is 0.318 e. The maximum atomic E-state index is 11.3. The van der Waals surface area contributed by atoms with Gasteiger partial charge in [0.05, 0.1) is 3.57 Å². The molecule has 1 aromatic rings. The van der Waals surface area contributed by atoms with Gasteiger partial charge in [0, 0.05) is 0 Å². The fourth-order valence-corrected chi connectivity index (χ4v) is 1.52. The van der Waals surface area contributed by atoms with E-state index >= 15 is 0 Å². The van der Waals surface area contributed by atoms with Crippen LogP contribution in [0.15, 0.2) is 24.3 Å². The standard InChI is InChI=1S/C10H11IN2O3/c1-6(9(14)13-10(12)15)16-8-5-3-2-4-7(8)11/h2-6H,1H3,(H3,12,13,14,15). The molecule has 0 bridgehead atoms. The monoisotopic (exact) mass is 334 g/mol. The number of para-hydroxylation sites is 1. The number of urea groups is 1. The maximum absolute atomic E-state index is 11.3. The molecule has 1 atom stereocenters. The van der Waals surface area contributed by atoms with Gasteiger partial charge in [-0.05, 0) is 41.6 Å². The van der Waals surface area contributed by atoms with Gasteiger partial charge in [0.15, 0.2) is 6.10 Å². The number of nitrogens with two attached hydrogens (primary N) is 1. The van der Waals surface area contributed by atoms with Crippen LogP contribution in [0.25, 0.3) is 0 Å². The van der Waals surface area contributed by atoms with Crippen LogP contribution in [0.1, 0.15) is 6.92 Å². The van der Waals surface area contributed by atoms with E-state index in [1.165, 1.54) is 0 Å². The molecule has 0 aliphatic carbocycles. The molecule has 0 heterocycles. The molecule has 0 aromatic heterocycles. The first kappa shape index (κ1) is 12.8. The Bertz CT molecular complexity index is 409. The third-order valence-electron chi connectivity index (χ3n) is 1.76. The number of nitrogens with one attached hydrogen (secondary N) is 1. The highest BCUT2D eigenvalue weighted by Gasteiger charge is 2.16.